The third kappa shape index (κ3) is 6.56. The van der Waals surface area contributed by atoms with Crippen LogP contribution >= 0.6 is 11.8 Å². The lowest BCUT2D eigenvalue weighted by molar-refractivity contribution is -0.113. The maximum absolute atomic E-state index is 13.5. The number of nitrogens with one attached hydrogen (secondary N) is 2. The monoisotopic (exact) mass is 598 g/mol. The van der Waals surface area contributed by atoms with Gasteiger partial charge in [0.15, 0.2) is 0 Å². The largest absolute Gasteiger partial charge is 0.508 e. The van der Waals surface area contributed by atoms with Crippen molar-refractivity contribution >= 4 is 57.1 Å². The number of fused-ring (bicyclic) bond motifs is 2. The van der Waals surface area contributed by atoms with Crippen LogP contribution in [0, 0.1) is 0 Å². The summed E-state index contributed by atoms with van der Waals surface area (Å²) >= 11 is 1.45. The number of benzene rings is 5. The first kappa shape index (κ1) is 28.5. The number of rotatable bonds is 8. The van der Waals surface area contributed by atoms with Crippen molar-refractivity contribution in [2.45, 2.75) is 10.6 Å². The van der Waals surface area contributed by atoms with Gasteiger partial charge in [-0.25, -0.2) is 4.79 Å². The maximum atomic E-state index is 13.5. The summed E-state index contributed by atoms with van der Waals surface area (Å²) in [5, 5.41) is 18.0. The predicted octanol–water partition coefficient (Wildman–Crippen LogP) is 7.35. The summed E-state index contributed by atoms with van der Waals surface area (Å²) in [6.45, 7) is 0. The summed E-state index contributed by atoms with van der Waals surface area (Å²) in [5.74, 6) is -0.449. The number of carbonyl (C=O) groups excluding carboxylic acids is 2. The highest BCUT2D eigenvalue weighted by Gasteiger charge is 2.16. The lowest BCUT2D eigenvalue weighted by Crippen LogP contribution is -2.30. The first-order valence-electron chi connectivity index (χ1n) is 13.8. The Kier molecular flexibility index (Phi) is 8.25. The van der Waals surface area contributed by atoms with Crippen molar-refractivity contribution in [2.24, 2.45) is 0 Å². The minimum absolute atomic E-state index is 0.0321. The molecule has 44 heavy (non-hydrogen) atoms. The van der Waals surface area contributed by atoms with Gasteiger partial charge in [0.05, 0.1) is 0 Å². The molecule has 3 N–H and O–H groups in total. The summed E-state index contributed by atoms with van der Waals surface area (Å²) in [7, 11) is 0. The molecule has 0 unspecified atom stereocenters. The standard InChI is InChI=1S/C36H26N2O5S/c39-29-16-13-26-19-27(36(42)43-33(26)21-29)22-44-30-17-14-28(15-18-30)37-35(41)32(38-34(40)24-8-2-1-3-9-24)20-25-11-6-10-23-7-4-5-12-31(23)25/h1-21,39H,22H2,(H,37,41)(H,38,40)/b32-20-. The average Bonchev–Trinajstić information content (AvgIpc) is 3.04. The van der Waals surface area contributed by atoms with Crippen LogP contribution in [0.25, 0.3) is 27.8 Å². The number of carbonyl (C=O) groups is 2. The van der Waals surface area contributed by atoms with Crippen molar-refractivity contribution in [3.8, 4) is 5.75 Å². The van der Waals surface area contributed by atoms with Crippen LogP contribution < -0.4 is 16.3 Å². The van der Waals surface area contributed by atoms with Crippen molar-refractivity contribution in [2.75, 3.05) is 5.32 Å². The molecule has 1 aromatic heterocycles. The van der Waals surface area contributed by atoms with Gasteiger partial charge in [-0.05, 0) is 77.0 Å². The predicted molar refractivity (Wildman–Crippen MR) is 175 cm³/mol. The normalized spacial score (nSPS) is 11.4. The molecule has 8 heteroatoms. The van der Waals surface area contributed by atoms with E-state index in [9.17, 15) is 19.5 Å². The fraction of sp³-hybridized carbons (Fsp3) is 0.0278. The second-order valence-corrected chi connectivity index (χ2v) is 11.0. The summed E-state index contributed by atoms with van der Waals surface area (Å²) in [5.41, 5.74) is 2.25. The van der Waals surface area contributed by atoms with Gasteiger partial charge in [0, 0.05) is 38.9 Å². The summed E-state index contributed by atoms with van der Waals surface area (Å²) in [6.07, 6.45) is 1.68. The van der Waals surface area contributed by atoms with Crippen molar-refractivity contribution in [3.05, 3.63) is 154 Å². The molecule has 0 radical (unpaired) electrons. The molecule has 0 bridgehead atoms. The Morgan fingerprint density at radius 1 is 0.795 bits per heavy atom. The Balaban J connectivity index is 1.20. The van der Waals surface area contributed by atoms with Gasteiger partial charge in [-0.3, -0.25) is 9.59 Å². The lowest BCUT2D eigenvalue weighted by atomic mass is 10.0. The highest BCUT2D eigenvalue weighted by molar-refractivity contribution is 7.98. The Hall–Kier alpha value is -5.60. The fourth-order valence-electron chi connectivity index (χ4n) is 4.71. The minimum Gasteiger partial charge on any atom is -0.508 e. The highest BCUT2D eigenvalue weighted by Crippen LogP contribution is 2.26. The van der Waals surface area contributed by atoms with E-state index in [0.717, 1.165) is 26.6 Å². The van der Waals surface area contributed by atoms with E-state index in [2.05, 4.69) is 10.6 Å². The summed E-state index contributed by atoms with van der Waals surface area (Å²) < 4.78 is 5.36. The van der Waals surface area contributed by atoms with Gasteiger partial charge in [-0.1, -0.05) is 60.7 Å². The second-order valence-electron chi connectivity index (χ2n) is 9.99. The maximum Gasteiger partial charge on any atom is 0.340 e. The number of hydrogen-bond acceptors (Lipinski definition) is 6. The molecule has 0 aliphatic rings. The zero-order valence-corrected chi connectivity index (χ0v) is 24.1. The number of amides is 2. The first-order chi connectivity index (χ1) is 21.4. The molecular formula is C36H26N2O5S. The third-order valence-corrected chi connectivity index (χ3v) is 8.01. The average molecular weight is 599 g/mol. The van der Waals surface area contributed by atoms with Gasteiger partial charge in [-0.15, -0.1) is 11.8 Å². The van der Waals surface area contributed by atoms with Crippen molar-refractivity contribution in [3.63, 3.8) is 0 Å². The Labute approximate surface area is 256 Å². The topological polar surface area (TPSA) is 109 Å². The molecule has 6 rings (SSSR count). The first-order valence-corrected chi connectivity index (χ1v) is 14.8. The van der Waals surface area contributed by atoms with E-state index in [-0.39, 0.29) is 11.4 Å². The van der Waals surface area contributed by atoms with Gasteiger partial charge in [0.1, 0.15) is 17.0 Å². The number of hydrogen-bond donors (Lipinski definition) is 3. The number of anilines is 1. The molecule has 216 valence electrons. The molecule has 0 saturated carbocycles. The van der Waals surface area contributed by atoms with Gasteiger partial charge < -0.3 is 20.2 Å². The van der Waals surface area contributed by atoms with Gasteiger partial charge >= 0.3 is 5.63 Å². The van der Waals surface area contributed by atoms with Gasteiger partial charge in [0.25, 0.3) is 11.8 Å². The third-order valence-electron chi connectivity index (χ3n) is 6.95. The Morgan fingerprint density at radius 3 is 2.36 bits per heavy atom. The van der Waals surface area contributed by atoms with E-state index in [4.69, 9.17) is 4.42 Å². The van der Waals surface area contributed by atoms with E-state index < -0.39 is 17.4 Å². The summed E-state index contributed by atoms with van der Waals surface area (Å²) in [4.78, 5) is 39.9. The lowest BCUT2D eigenvalue weighted by Gasteiger charge is -2.12. The molecule has 0 spiro atoms. The van der Waals surface area contributed by atoms with Crippen LogP contribution in [0.1, 0.15) is 21.5 Å². The van der Waals surface area contributed by atoms with Gasteiger partial charge in [-0.2, -0.15) is 0 Å². The zero-order valence-electron chi connectivity index (χ0n) is 23.3. The van der Waals surface area contributed by atoms with E-state index in [1.165, 1.54) is 17.8 Å². The molecular weight excluding hydrogens is 572 g/mol. The fourth-order valence-corrected chi connectivity index (χ4v) is 5.56. The van der Waals surface area contributed by atoms with Crippen LogP contribution in [0.4, 0.5) is 5.69 Å². The molecule has 2 amide bonds. The summed E-state index contributed by atoms with van der Waals surface area (Å²) in [6, 6.07) is 36.0. The molecule has 0 atom stereocenters. The van der Waals surface area contributed by atoms with Gasteiger partial charge in [0.2, 0.25) is 0 Å². The quantitative estimate of drug-likeness (QED) is 0.0960. The van der Waals surface area contributed by atoms with E-state index in [1.54, 1.807) is 60.7 Å². The molecule has 0 aliphatic heterocycles. The molecule has 5 aromatic carbocycles. The molecule has 0 fully saturated rings. The smallest absolute Gasteiger partial charge is 0.340 e. The molecule has 1 heterocycles. The van der Waals surface area contributed by atoms with Crippen LogP contribution in [-0.4, -0.2) is 16.9 Å². The van der Waals surface area contributed by atoms with Crippen LogP contribution in [0.3, 0.4) is 0 Å². The van der Waals surface area contributed by atoms with Crippen molar-refractivity contribution in [1.82, 2.24) is 5.32 Å². The zero-order chi connectivity index (χ0) is 30.5. The Bertz CT molecular complexity index is 2080. The number of aromatic hydroxyl groups is 1. The van der Waals surface area contributed by atoms with Crippen LogP contribution in [0.2, 0.25) is 0 Å². The van der Waals surface area contributed by atoms with Crippen LogP contribution in [-0.2, 0) is 10.5 Å². The van der Waals surface area contributed by atoms with Crippen LogP contribution in [0.5, 0.6) is 5.75 Å². The van der Waals surface area contributed by atoms with Crippen molar-refractivity contribution in [1.29, 1.82) is 0 Å². The van der Waals surface area contributed by atoms with E-state index >= 15 is 0 Å². The molecule has 6 aromatic rings. The number of thioether (sulfide) groups is 1. The second kappa shape index (κ2) is 12.7. The van der Waals surface area contributed by atoms with Crippen molar-refractivity contribution < 1.29 is 19.1 Å². The highest BCUT2D eigenvalue weighted by atomic mass is 32.2. The number of phenols is 1. The number of phenolic OH excluding ortho intramolecular Hbond substituents is 1. The molecule has 0 aliphatic carbocycles. The molecule has 7 nitrogen and oxygen atoms in total. The minimum atomic E-state index is -0.470. The Morgan fingerprint density at radius 2 is 1.55 bits per heavy atom. The molecule has 0 saturated heterocycles. The van der Waals surface area contributed by atoms with Crippen LogP contribution in [0.15, 0.2) is 141 Å². The van der Waals surface area contributed by atoms with E-state index in [1.807, 2.05) is 60.7 Å². The van der Waals surface area contributed by atoms with E-state index in [0.29, 0.717) is 28.2 Å². The SMILES string of the molecule is O=C(Nc1ccc(SCc2cc3ccc(O)cc3oc2=O)cc1)/C(=C/c1cccc2ccccc12)NC(=O)c1ccccc1.